The van der Waals surface area contributed by atoms with Crippen LogP contribution < -0.4 is 5.73 Å². The fourth-order valence-corrected chi connectivity index (χ4v) is 3.74. The van der Waals surface area contributed by atoms with Crippen LogP contribution in [0.2, 0.25) is 0 Å². The lowest BCUT2D eigenvalue weighted by molar-refractivity contribution is 0.111. The van der Waals surface area contributed by atoms with Gasteiger partial charge < -0.3 is 5.73 Å². The molecule has 0 aromatic heterocycles. The van der Waals surface area contributed by atoms with Crippen molar-refractivity contribution in [1.29, 1.82) is 0 Å². The third-order valence-corrected chi connectivity index (χ3v) is 4.85. The Morgan fingerprint density at radius 1 is 1.19 bits per heavy atom. The first-order chi connectivity index (χ1) is 7.58. The molecule has 0 aromatic carbocycles. The van der Waals surface area contributed by atoms with Crippen molar-refractivity contribution in [2.75, 3.05) is 13.1 Å². The number of nitrogens with two attached hydrogens (primary N) is 1. The molecule has 2 aliphatic rings. The lowest BCUT2D eigenvalue weighted by Gasteiger charge is -2.39. The van der Waals surface area contributed by atoms with Crippen LogP contribution in [-0.2, 0) is 0 Å². The Kier molecular flexibility index (Phi) is 3.91. The highest BCUT2D eigenvalue weighted by Crippen LogP contribution is 2.34. The van der Waals surface area contributed by atoms with Crippen molar-refractivity contribution in [1.82, 2.24) is 4.90 Å². The molecular formula is C14H28N2. The third-order valence-electron chi connectivity index (χ3n) is 4.85. The predicted octanol–water partition coefficient (Wildman–Crippen LogP) is 2.48. The van der Waals surface area contributed by atoms with Gasteiger partial charge in [0.15, 0.2) is 0 Å². The third kappa shape index (κ3) is 2.60. The molecule has 2 heteroatoms. The average molecular weight is 224 g/mol. The van der Waals surface area contributed by atoms with E-state index in [1.165, 1.54) is 38.8 Å². The van der Waals surface area contributed by atoms with E-state index >= 15 is 0 Å². The van der Waals surface area contributed by atoms with Gasteiger partial charge in [0.25, 0.3) is 0 Å². The summed E-state index contributed by atoms with van der Waals surface area (Å²) >= 11 is 0. The van der Waals surface area contributed by atoms with Gasteiger partial charge in [-0.3, -0.25) is 4.90 Å². The Morgan fingerprint density at radius 3 is 2.50 bits per heavy atom. The Labute approximate surface area is 101 Å². The summed E-state index contributed by atoms with van der Waals surface area (Å²) < 4.78 is 0. The molecule has 16 heavy (non-hydrogen) atoms. The van der Waals surface area contributed by atoms with E-state index in [0.717, 1.165) is 23.8 Å². The topological polar surface area (TPSA) is 29.3 Å². The average Bonchev–Trinajstić information content (AvgIpc) is 2.66. The smallest absolute Gasteiger partial charge is 0.0121 e. The molecule has 2 nitrogen and oxygen atoms in total. The summed E-state index contributed by atoms with van der Waals surface area (Å²) in [6.07, 6.45) is 5.57. The molecule has 2 N–H and O–H groups in total. The van der Waals surface area contributed by atoms with Crippen molar-refractivity contribution in [2.24, 2.45) is 23.5 Å². The zero-order chi connectivity index (χ0) is 11.7. The number of rotatable bonds is 2. The van der Waals surface area contributed by atoms with Crippen LogP contribution in [0.25, 0.3) is 0 Å². The van der Waals surface area contributed by atoms with Crippen LogP contribution >= 0.6 is 0 Å². The maximum Gasteiger partial charge on any atom is 0.0121 e. The SMILES string of the molecule is CC1CCC(N2CCC(C(C)N)C2)C(C)C1. The van der Waals surface area contributed by atoms with E-state index in [1.54, 1.807) is 0 Å². The van der Waals surface area contributed by atoms with Gasteiger partial charge in [0.05, 0.1) is 0 Å². The van der Waals surface area contributed by atoms with Crippen LogP contribution in [0.15, 0.2) is 0 Å². The summed E-state index contributed by atoms with van der Waals surface area (Å²) in [4.78, 5) is 2.73. The van der Waals surface area contributed by atoms with Gasteiger partial charge >= 0.3 is 0 Å². The predicted molar refractivity (Wildman–Crippen MR) is 69.3 cm³/mol. The second kappa shape index (κ2) is 5.05. The molecule has 5 unspecified atom stereocenters. The standard InChI is InChI=1S/C14H28N2/c1-10-4-5-14(11(2)8-10)16-7-6-13(9-16)12(3)15/h10-14H,4-9,15H2,1-3H3. The van der Waals surface area contributed by atoms with Crippen LogP contribution in [0.4, 0.5) is 0 Å². The van der Waals surface area contributed by atoms with E-state index in [9.17, 15) is 0 Å². The van der Waals surface area contributed by atoms with Crippen molar-refractivity contribution in [3.05, 3.63) is 0 Å². The monoisotopic (exact) mass is 224 g/mol. The highest BCUT2D eigenvalue weighted by atomic mass is 15.2. The first-order valence-electron chi connectivity index (χ1n) is 7.07. The highest BCUT2D eigenvalue weighted by Gasteiger charge is 2.34. The summed E-state index contributed by atoms with van der Waals surface area (Å²) in [7, 11) is 0. The van der Waals surface area contributed by atoms with E-state index in [4.69, 9.17) is 5.73 Å². The highest BCUT2D eigenvalue weighted by molar-refractivity contribution is 4.89. The van der Waals surface area contributed by atoms with Crippen molar-refractivity contribution >= 4 is 0 Å². The van der Waals surface area contributed by atoms with Crippen molar-refractivity contribution < 1.29 is 0 Å². The molecule has 0 amide bonds. The number of nitrogens with zero attached hydrogens (tertiary/aromatic N) is 1. The Balaban J connectivity index is 1.89. The van der Waals surface area contributed by atoms with Gasteiger partial charge in [0, 0.05) is 18.6 Å². The van der Waals surface area contributed by atoms with Gasteiger partial charge in [0.2, 0.25) is 0 Å². The minimum absolute atomic E-state index is 0.378. The molecule has 2 rings (SSSR count). The molecule has 1 aliphatic heterocycles. The van der Waals surface area contributed by atoms with Crippen LogP contribution in [0.5, 0.6) is 0 Å². The van der Waals surface area contributed by atoms with Gasteiger partial charge in [0.1, 0.15) is 0 Å². The van der Waals surface area contributed by atoms with Crippen molar-refractivity contribution in [3.63, 3.8) is 0 Å². The largest absolute Gasteiger partial charge is 0.328 e. The van der Waals surface area contributed by atoms with Crippen LogP contribution in [0.3, 0.4) is 0 Å². The summed E-state index contributed by atoms with van der Waals surface area (Å²) in [6, 6.07) is 1.22. The first kappa shape index (κ1) is 12.4. The van der Waals surface area contributed by atoms with E-state index in [0.29, 0.717) is 6.04 Å². The Bertz CT molecular complexity index is 227. The summed E-state index contributed by atoms with van der Waals surface area (Å²) in [5, 5.41) is 0. The molecule has 1 saturated heterocycles. The van der Waals surface area contributed by atoms with Gasteiger partial charge in [-0.2, -0.15) is 0 Å². The van der Waals surface area contributed by atoms with Crippen molar-refractivity contribution in [3.8, 4) is 0 Å². The molecule has 1 saturated carbocycles. The van der Waals surface area contributed by atoms with Crippen molar-refractivity contribution in [2.45, 2.75) is 58.5 Å². The minimum Gasteiger partial charge on any atom is -0.328 e. The van der Waals surface area contributed by atoms with Crippen LogP contribution in [0.1, 0.15) is 46.5 Å². The van der Waals surface area contributed by atoms with Gasteiger partial charge in [-0.25, -0.2) is 0 Å². The maximum atomic E-state index is 6.02. The fourth-order valence-electron chi connectivity index (χ4n) is 3.74. The lowest BCUT2D eigenvalue weighted by Crippen LogP contribution is -2.42. The molecule has 0 bridgehead atoms. The molecule has 0 radical (unpaired) electrons. The molecule has 94 valence electrons. The Hall–Kier alpha value is -0.0800. The first-order valence-corrected chi connectivity index (χ1v) is 7.07. The molecule has 2 fully saturated rings. The minimum atomic E-state index is 0.378. The lowest BCUT2D eigenvalue weighted by atomic mass is 9.79. The van der Waals surface area contributed by atoms with E-state index in [1.807, 2.05) is 0 Å². The molecular weight excluding hydrogens is 196 g/mol. The normalized spacial score (nSPS) is 43.5. The molecule has 0 spiro atoms. The number of hydrogen-bond acceptors (Lipinski definition) is 2. The van der Waals surface area contributed by atoms with E-state index in [-0.39, 0.29) is 0 Å². The summed E-state index contributed by atoms with van der Waals surface area (Å²) in [6.45, 7) is 9.55. The zero-order valence-corrected chi connectivity index (χ0v) is 11.2. The van der Waals surface area contributed by atoms with Gasteiger partial charge in [-0.15, -0.1) is 0 Å². The van der Waals surface area contributed by atoms with E-state index < -0.39 is 0 Å². The van der Waals surface area contributed by atoms with Gasteiger partial charge in [-0.1, -0.05) is 13.8 Å². The number of hydrogen-bond donors (Lipinski definition) is 1. The fraction of sp³-hybridized carbons (Fsp3) is 1.00. The van der Waals surface area contributed by atoms with Crippen LogP contribution in [0, 0.1) is 17.8 Å². The zero-order valence-electron chi connectivity index (χ0n) is 11.2. The summed E-state index contributed by atoms with van der Waals surface area (Å²) in [5.41, 5.74) is 6.02. The second-order valence-electron chi connectivity index (χ2n) is 6.37. The van der Waals surface area contributed by atoms with Gasteiger partial charge in [-0.05, 0) is 56.9 Å². The van der Waals surface area contributed by atoms with Crippen LogP contribution in [-0.4, -0.2) is 30.1 Å². The molecule has 1 heterocycles. The quantitative estimate of drug-likeness (QED) is 0.781. The number of likely N-dealkylation sites (tertiary alicyclic amines) is 1. The molecule has 1 aliphatic carbocycles. The summed E-state index contributed by atoms with van der Waals surface area (Å²) in [5.74, 6) is 2.57. The molecule has 5 atom stereocenters. The van der Waals surface area contributed by atoms with E-state index in [2.05, 4.69) is 25.7 Å². The Morgan fingerprint density at radius 2 is 1.94 bits per heavy atom. The molecule has 0 aromatic rings. The maximum absolute atomic E-state index is 6.02. The second-order valence-corrected chi connectivity index (χ2v) is 6.37.